The second-order valence-corrected chi connectivity index (χ2v) is 5.85. The van der Waals surface area contributed by atoms with Crippen molar-refractivity contribution in [1.82, 2.24) is 4.98 Å². The predicted molar refractivity (Wildman–Crippen MR) is 79.4 cm³/mol. The Hall–Kier alpha value is -2.35. The molecule has 0 aliphatic carbocycles. The number of rotatable bonds is 3. The van der Waals surface area contributed by atoms with Crippen LogP contribution in [-0.2, 0) is 5.92 Å². The summed E-state index contributed by atoms with van der Waals surface area (Å²) in [5, 5.41) is 1.50. The summed E-state index contributed by atoms with van der Waals surface area (Å²) in [5.41, 5.74) is -0.723. The van der Waals surface area contributed by atoms with Crippen molar-refractivity contribution in [2.45, 2.75) is 12.1 Å². The van der Waals surface area contributed by atoms with Crippen molar-refractivity contribution in [2.75, 3.05) is 0 Å². The Morgan fingerprint density at radius 2 is 1.62 bits per heavy atom. The highest BCUT2D eigenvalue weighted by Gasteiger charge is 2.61. The molecule has 3 aromatic rings. The lowest BCUT2D eigenvalue weighted by molar-refractivity contribution is -0.290. The van der Waals surface area contributed by atoms with Crippen LogP contribution in [0.5, 0.6) is 0 Å². The number of thiazole rings is 1. The Morgan fingerprint density at radius 3 is 2.29 bits per heavy atom. The van der Waals surface area contributed by atoms with Gasteiger partial charge in [-0.3, -0.25) is 4.79 Å². The minimum Gasteiger partial charge on any atom is -0.288 e. The summed E-state index contributed by atoms with van der Waals surface area (Å²) in [6, 6.07) is 11.5. The third-order valence-electron chi connectivity index (χ3n) is 3.44. The highest BCUT2D eigenvalue weighted by Crippen LogP contribution is 2.45. The number of carbonyl (C=O) groups excluding carboxylic acids is 1. The molecule has 0 saturated carbocycles. The number of nitrogens with zero attached hydrogens (tertiary/aromatic N) is 1. The first-order valence-corrected chi connectivity index (χ1v) is 7.52. The van der Waals surface area contributed by atoms with Gasteiger partial charge in [0.2, 0.25) is 5.78 Å². The standard InChI is InChI=1S/C16H8F5NOS/c17-15(18,16(19,20)21)14-13(24-8-22-14)12(23)11-6-5-9-3-1-2-4-10(9)7-11/h1-8H. The molecule has 0 saturated heterocycles. The van der Waals surface area contributed by atoms with Crippen molar-refractivity contribution < 1.29 is 26.7 Å². The number of ketones is 1. The zero-order chi connectivity index (χ0) is 17.5. The molecule has 0 unspecified atom stereocenters. The van der Waals surface area contributed by atoms with E-state index in [1.165, 1.54) is 12.1 Å². The fraction of sp³-hybridized carbons (Fsp3) is 0.125. The van der Waals surface area contributed by atoms with Gasteiger partial charge in [0.25, 0.3) is 0 Å². The molecule has 1 heterocycles. The highest BCUT2D eigenvalue weighted by molar-refractivity contribution is 7.12. The third kappa shape index (κ3) is 2.66. The van der Waals surface area contributed by atoms with Crippen LogP contribution in [0.15, 0.2) is 48.0 Å². The number of hydrogen-bond donors (Lipinski definition) is 0. The number of benzene rings is 2. The monoisotopic (exact) mass is 357 g/mol. The topological polar surface area (TPSA) is 30.0 Å². The van der Waals surface area contributed by atoms with Gasteiger partial charge in [0, 0.05) is 5.56 Å². The van der Waals surface area contributed by atoms with Crippen LogP contribution in [0, 0.1) is 0 Å². The quantitative estimate of drug-likeness (QED) is 0.477. The van der Waals surface area contributed by atoms with E-state index in [2.05, 4.69) is 4.98 Å². The molecule has 0 aliphatic heterocycles. The molecule has 0 atom stereocenters. The van der Waals surface area contributed by atoms with E-state index < -0.39 is 28.5 Å². The van der Waals surface area contributed by atoms with Crippen LogP contribution in [0.3, 0.4) is 0 Å². The zero-order valence-electron chi connectivity index (χ0n) is 11.8. The van der Waals surface area contributed by atoms with Gasteiger partial charge in [-0.05, 0) is 16.8 Å². The van der Waals surface area contributed by atoms with Crippen molar-refractivity contribution in [2.24, 2.45) is 0 Å². The van der Waals surface area contributed by atoms with E-state index in [1.807, 2.05) is 0 Å². The van der Waals surface area contributed by atoms with E-state index in [4.69, 9.17) is 0 Å². The van der Waals surface area contributed by atoms with Gasteiger partial charge in [0.05, 0.1) is 5.51 Å². The van der Waals surface area contributed by atoms with Crippen molar-refractivity contribution >= 4 is 27.9 Å². The molecule has 0 amide bonds. The molecule has 0 N–H and O–H groups in total. The van der Waals surface area contributed by atoms with E-state index in [0.29, 0.717) is 16.7 Å². The molecule has 0 spiro atoms. The Morgan fingerprint density at radius 1 is 0.958 bits per heavy atom. The summed E-state index contributed by atoms with van der Waals surface area (Å²) in [5.74, 6) is -6.10. The first kappa shape index (κ1) is 16.5. The van der Waals surface area contributed by atoms with Crippen molar-refractivity contribution in [3.05, 3.63) is 64.1 Å². The minimum absolute atomic E-state index is 0.0252. The Balaban J connectivity index is 2.06. The summed E-state index contributed by atoms with van der Waals surface area (Å²) < 4.78 is 64.8. The van der Waals surface area contributed by atoms with Crippen molar-refractivity contribution in [1.29, 1.82) is 0 Å². The Kier molecular flexibility index (Phi) is 3.87. The van der Waals surface area contributed by atoms with E-state index in [-0.39, 0.29) is 5.56 Å². The van der Waals surface area contributed by atoms with Gasteiger partial charge < -0.3 is 0 Å². The van der Waals surface area contributed by atoms with Gasteiger partial charge in [0.15, 0.2) is 0 Å². The molecule has 8 heteroatoms. The maximum absolute atomic E-state index is 13.6. The maximum Gasteiger partial charge on any atom is 0.459 e. The van der Waals surface area contributed by atoms with Crippen molar-refractivity contribution in [3.63, 3.8) is 0 Å². The lowest BCUT2D eigenvalue weighted by Gasteiger charge is -2.18. The van der Waals surface area contributed by atoms with E-state index in [9.17, 15) is 26.7 Å². The van der Waals surface area contributed by atoms with E-state index in [0.717, 1.165) is 10.9 Å². The first-order valence-electron chi connectivity index (χ1n) is 6.64. The molecule has 124 valence electrons. The fourth-order valence-corrected chi connectivity index (χ4v) is 3.01. The third-order valence-corrected chi connectivity index (χ3v) is 4.26. The molecule has 24 heavy (non-hydrogen) atoms. The molecule has 0 aliphatic rings. The smallest absolute Gasteiger partial charge is 0.288 e. The number of hydrogen-bond acceptors (Lipinski definition) is 3. The van der Waals surface area contributed by atoms with E-state index >= 15 is 0 Å². The van der Waals surface area contributed by atoms with Crippen LogP contribution in [0.2, 0.25) is 0 Å². The molecule has 0 radical (unpaired) electrons. The summed E-state index contributed by atoms with van der Waals surface area (Å²) >= 11 is 0.460. The van der Waals surface area contributed by atoms with E-state index in [1.54, 1.807) is 30.3 Å². The second-order valence-electron chi connectivity index (χ2n) is 4.99. The van der Waals surface area contributed by atoms with Crippen LogP contribution < -0.4 is 0 Å². The molecule has 3 rings (SSSR count). The molecule has 2 aromatic carbocycles. The molecule has 0 fully saturated rings. The number of alkyl halides is 5. The number of carbonyl (C=O) groups is 1. The van der Waals surface area contributed by atoms with Crippen LogP contribution in [-0.4, -0.2) is 16.9 Å². The Bertz CT molecular complexity index is 916. The van der Waals surface area contributed by atoms with Gasteiger partial charge in [0.1, 0.15) is 10.6 Å². The van der Waals surface area contributed by atoms with Crippen LogP contribution in [0.25, 0.3) is 10.8 Å². The minimum atomic E-state index is -5.82. The van der Waals surface area contributed by atoms with Gasteiger partial charge in [-0.15, -0.1) is 11.3 Å². The van der Waals surface area contributed by atoms with Crippen LogP contribution in [0.1, 0.15) is 20.9 Å². The first-order chi connectivity index (χ1) is 11.2. The number of halogens is 5. The highest BCUT2D eigenvalue weighted by atomic mass is 32.1. The lowest BCUT2D eigenvalue weighted by atomic mass is 10.0. The predicted octanol–water partition coefficient (Wildman–Crippen LogP) is 5.18. The molecule has 1 aromatic heterocycles. The van der Waals surface area contributed by atoms with Gasteiger partial charge in [-0.1, -0.05) is 36.4 Å². The molecule has 0 bridgehead atoms. The Labute approximate surface area is 136 Å². The molecule has 2 nitrogen and oxygen atoms in total. The van der Waals surface area contributed by atoms with Gasteiger partial charge >= 0.3 is 12.1 Å². The zero-order valence-corrected chi connectivity index (χ0v) is 12.6. The largest absolute Gasteiger partial charge is 0.459 e. The van der Waals surface area contributed by atoms with Gasteiger partial charge in [-0.25, -0.2) is 4.98 Å². The summed E-state index contributed by atoms with van der Waals surface area (Å²) in [7, 11) is 0. The van der Waals surface area contributed by atoms with Gasteiger partial charge in [-0.2, -0.15) is 22.0 Å². The number of aromatic nitrogens is 1. The number of fused-ring (bicyclic) bond motifs is 1. The maximum atomic E-state index is 13.6. The molecular formula is C16H8F5NOS. The second kappa shape index (κ2) is 5.62. The van der Waals surface area contributed by atoms with Crippen LogP contribution >= 0.6 is 11.3 Å². The molecular weight excluding hydrogens is 349 g/mol. The summed E-state index contributed by atoms with van der Waals surface area (Å²) in [6.45, 7) is 0. The summed E-state index contributed by atoms with van der Waals surface area (Å²) in [4.78, 5) is 14.8. The SMILES string of the molecule is O=C(c1ccc2ccccc2c1)c1scnc1C(F)(F)C(F)(F)F. The van der Waals surface area contributed by atoms with Crippen molar-refractivity contribution in [3.8, 4) is 0 Å². The lowest BCUT2D eigenvalue weighted by Crippen LogP contribution is -2.35. The van der Waals surface area contributed by atoms with Crippen LogP contribution in [0.4, 0.5) is 22.0 Å². The average Bonchev–Trinajstić information content (AvgIpc) is 3.03. The summed E-state index contributed by atoms with van der Waals surface area (Å²) in [6.07, 6.45) is -5.82. The fourth-order valence-electron chi connectivity index (χ4n) is 2.23. The average molecular weight is 357 g/mol. The normalized spacial score (nSPS) is 12.5.